The molecule has 0 fully saturated rings. The van der Waals surface area contributed by atoms with Crippen LogP contribution in [0.4, 0.5) is 16.5 Å². The van der Waals surface area contributed by atoms with E-state index in [4.69, 9.17) is 4.98 Å². The molecule has 0 radical (unpaired) electrons. The maximum atomic E-state index is 11.2. The maximum Gasteiger partial charge on any atom is 0.221 e. The molecule has 0 saturated carbocycles. The lowest BCUT2D eigenvalue weighted by molar-refractivity contribution is -0.114. The van der Waals surface area contributed by atoms with E-state index in [1.165, 1.54) is 23.8 Å². The summed E-state index contributed by atoms with van der Waals surface area (Å²) in [7, 11) is 0. The minimum absolute atomic E-state index is 0.102. The number of hydrogen-bond acceptors (Lipinski definition) is 8. The zero-order chi connectivity index (χ0) is 20.9. The third kappa shape index (κ3) is 5.44. The van der Waals surface area contributed by atoms with Gasteiger partial charge >= 0.3 is 0 Å². The van der Waals surface area contributed by atoms with Crippen molar-refractivity contribution in [1.29, 1.82) is 0 Å². The van der Waals surface area contributed by atoms with Gasteiger partial charge in [0.15, 0.2) is 4.34 Å². The first-order valence-corrected chi connectivity index (χ1v) is 11.9. The van der Waals surface area contributed by atoms with Crippen molar-refractivity contribution < 1.29 is 4.79 Å². The summed E-state index contributed by atoms with van der Waals surface area (Å²) in [6.45, 7) is 3.57. The summed E-state index contributed by atoms with van der Waals surface area (Å²) in [6.07, 6.45) is 0. The second-order valence-corrected chi connectivity index (χ2v) is 9.62. The van der Waals surface area contributed by atoms with Crippen LogP contribution in [0.1, 0.15) is 18.2 Å². The first kappa shape index (κ1) is 20.5. The van der Waals surface area contributed by atoms with E-state index in [1.807, 2.05) is 24.3 Å². The lowest BCUT2D eigenvalue weighted by atomic mass is 10.2. The molecule has 1 amide bonds. The smallest absolute Gasteiger partial charge is 0.221 e. The molecule has 2 N–H and O–H groups in total. The second kappa shape index (κ2) is 9.38. The van der Waals surface area contributed by atoms with E-state index < -0.39 is 0 Å². The molecule has 152 valence electrons. The van der Waals surface area contributed by atoms with Crippen LogP contribution in [0.15, 0.2) is 58.3 Å². The van der Waals surface area contributed by atoms with Gasteiger partial charge in [-0.1, -0.05) is 59.0 Å². The van der Waals surface area contributed by atoms with E-state index in [0.29, 0.717) is 5.13 Å². The standard InChI is InChI=1S/C21H19N5OS3/c1-13-6-8-15(9-7-13)19-23-18(11-28-19)12-29-21-26-25-20(30-21)24-17-5-3-4-16(10-17)22-14(2)27/h3-11H,12H2,1-2H3,(H,22,27)(H,24,25). The van der Waals surface area contributed by atoms with Gasteiger partial charge in [-0.2, -0.15) is 0 Å². The molecule has 2 heterocycles. The summed E-state index contributed by atoms with van der Waals surface area (Å²) in [5.74, 6) is 0.643. The Morgan fingerprint density at radius 3 is 2.70 bits per heavy atom. The topological polar surface area (TPSA) is 79.8 Å². The second-order valence-electron chi connectivity index (χ2n) is 6.56. The van der Waals surface area contributed by atoms with Crippen molar-refractivity contribution in [3.05, 3.63) is 65.2 Å². The summed E-state index contributed by atoms with van der Waals surface area (Å²) in [5.41, 5.74) is 5.00. The third-order valence-corrected chi connectivity index (χ3v) is 6.98. The van der Waals surface area contributed by atoms with Gasteiger partial charge < -0.3 is 10.6 Å². The van der Waals surface area contributed by atoms with Gasteiger partial charge in [-0.15, -0.1) is 21.5 Å². The molecule has 0 atom stereocenters. The van der Waals surface area contributed by atoms with E-state index >= 15 is 0 Å². The van der Waals surface area contributed by atoms with Crippen LogP contribution in [-0.2, 0) is 10.5 Å². The van der Waals surface area contributed by atoms with Gasteiger partial charge in [-0.05, 0) is 25.1 Å². The molecule has 0 aliphatic carbocycles. The zero-order valence-corrected chi connectivity index (χ0v) is 18.8. The third-order valence-electron chi connectivity index (χ3n) is 4.03. The summed E-state index contributed by atoms with van der Waals surface area (Å²) < 4.78 is 0.875. The van der Waals surface area contributed by atoms with Gasteiger partial charge in [0.2, 0.25) is 11.0 Å². The number of hydrogen-bond donors (Lipinski definition) is 2. The fourth-order valence-corrected chi connectivity index (χ4v) is 5.25. The normalized spacial score (nSPS) is 10.7. The van der Waals surface area contributed by atoms with Gasteiger partial charge in [0, 0.05) is 35.0 Å². The highest BCUT2D eigenvalue weighted by Gasteiger charge is 2.09. The summed E-state index contributed by atoms with van der Waals surface area (Å²) in [6, 6.07) is 15.9. The van der Waals surface area contributed by atoms with E-state index in [1.54, 1.807) is 23.1 Å². The lowest BCUT2D eigenvalue weighted by Crippen LogP contribution is -2.05. The summed E-state index contributed by atoms with van der Waals surface area (Å²) in [4.78, 5) is 15.9. The number of aromatic nitrogens is 3. The molecule has 4 aromatic rings. The summed E-state index contributed by atoms with van der Waals surface area (Å²) in [5, 5.41) is 18.3. The van der Waals surface area contributed by atoms with Gasteiger partial charge in [-0.25, -0.2) is 4.98 Å². The monoisotopic (exact) mass is 453 g/mol. The summed E-state index contributed by atoms with van der Waals surface area (Å²) >= 11 is 4.77. The van der Waals surface area contributed by atoms with Crippen molar-refractivity contribution in [3.63, 3.8) is 0 Å². The van der Waals surface area contributed by atoms with Gasteiger partial charge in [0.25, 0.3) is 0 Å². The van der Waals surface area contributed by atoms with Crippen LogP contribution in [0.2, 0.25) is 0 Å². The maximum absolute atomic E-state index is 11.2. The van der Waals surface area contributed by atoms with Gasteiger partial charge in [0.1, 0.15) is 5.01 Å². The Hall–Kier alpha value is -2.75. The van der Waals surface area contributed by atoms with Crippen molar-refractivity contribution in [2.75, 3.05) is 10.6 Å². The van der Waals surface area contributed by atoms with Crippen molar-refractivity contribution in [1.82, 2.24) is 15.2 Å². The highest BCUT2D eigenvalue weighted by molar-refractivity contribution is 8.00. The molecule has 9 heteroatoms. The largest absolute Gasteiger partial charge is 0.330 e. The van der Waals surface area contributed by atoms with Crippen LogP contribution in [0, 0.1) is 6.92 Å². The molecule has 4 rings (SSSR count). The highest BCUT2D eigenvalue weighted by Crippen LogP contribution is 2.32. The molecule has 0 spiro atoms. The fourth-order valence-electron chi connectivity index (χ4n) is 2.66. The fraction of sp³-hybridized carbons (Fsp3) is 0.143. The first-order valence-electron chi connectivity index (χ1n) is 9.17. The number of rotatable bonds is 7. The number of nitrogens with zero attached hydrogens (tertiary/aromatic N) is 3. The lowest BCUT2D eigenvalue weighted by Gasteiger charge is -2.05. The first-order chi connectivity index (χ1) is 14.5. The number of thiazole rings is 1. The van der Waals surface area contributed by atoms with Crippen LogP contribution in [-0.4, -0.2) is 21.1 Å². The number of nitrogens with one attached hydrogen (secondary N) is 2. The van der Waals surface area contributed by atoms with Crippen molar-refractivity contribution in [2.45, 2.75) is 23.9 Å². The van der Waals surface area contributed by atoms with Crippen molar-refractivity contribution in [2.24, 2.45) is 0 Å². The number of carbonyl (C=O) groups is 1. The van der Waals surface area contributed by atoms with Crippen LogP contribution >= 0.6 is 34.4 Å². The Balaban J connectivity index is 1.35. The minimum atomic E-state index is -0.102. The van der Waals surface area contributed by atoms with Gasteiger partial charge in [-0.3, -0.25) is 4.79 Å². The average Bonchev–Trinajstić information content (AvgIpc) is 3.36. The van der Waals surface area contributed by atoms with E-state index in [2.05, 4.69) is 57.4 Å². The zero-order valence-electron chi connectivity index (χ0n) is 16.4. The number of aryl methyl sites for hydroxylation is 1. The van der Waals surface area contributed by atoms with Gasteiger partial charge in [0.05, 0.1) is 5.69 Å². The van der Waals surface area contributed by atoms with E-state index in [-0.39, 0.29) is 5.91 Å². The van der Waals surface area contributed by atoms with E-state index in [9.17, 15) is 4.79 Å². The van der Waals surface area contributed by atoms with Crippen LogP contribution in [0.5, 0.6) is 0 Å². The van der Waals surface area contributed by atoms with E-state index in [0.717, 1.165) is 37.7 Å². The number of anilines is 3. The Morgan fingerprint density at radius 2 is 1.90 bits per heavy atom. The molecule has 0 aliphatic heterocycles. The number of thioether (sulfide) groups is 1. The predicted octanol–water partition coefficient (Wildman–Crippen LogP) is 5.96. The van der Waals surface area contributed by atoms with Crippen molar-refractivity contribution in [3.8, 4) is 10.6 Å². The molecule has 0 unspecified atom stereocenters. The number of carbonyl (C=O) groups excluding carboxylic acids is 1. The minimum Gasteiger partial charge on any atom is -0.330 e. The molecule has 30 heavy (non-hydrogen) atoms. The Morgan fingerprint density at radius 1 is 1.10 bits per heavy atom. The molecule has 0 aliphatic rings. The quantitative estimate of drug-likeness (QED) is 0.336. The van der Waals surface area contributed by atoms with Crippen LogP contribution in [0.25, 0.3) is 10.6 Å². The molecule has 2 aromatic heterocycles. The number of amides is 1. The molecule has 0 saturated heterocycles. The Kier molecular flexibility index (Phi) is 6.41. The molecule has 0 bridgehead atoms. The SMILES string of the molecule is CC(=O)Nc1cccc(Nc2nnc(SCc3csc(-c4ccc(C)cc4)n3)s2)c1. The van der Waals surface area contributed by atoms with Crippen LogP contribution < -0.4 is 10.6 Å². The number of benzene rings is 2. The highest BCUT2D eigenvalue weighted by atomic mass is 32.2. The average molecular weight is 454 g/mol. The Bertz CT molecular complexity index is 1150. The van der Waals surface area contributed by atoms with Crippen molar-refractivity contribution >= 4 is 56.8 Å². The Labute approximate surface area is 186 Å². The molecule has 2 aromatic carbocycles. The molecule has 6 nitrogen and oxygen atoms in total. The molecular formula is C21H19N5OS3. The predicted molar refractivity (Wildman–Crippen MR) is 126 cm³/mol. The molecular weight excluding hydrogens is 434 g/mol. The van der Waals surface area contributed by atoms with Crippen LogP contribution in [0.3, 0.4) is 0 Å².